The number of pyridine rings is 1. The van der Waals surface area contributed by atoms with E-state index in [1.54, 1.807) is 12.5 Å². The molecule has 0 bridgehead atoms. The van der Waals surface area contributed by atoms with Gasteiger partial charge in [-0.25, -0.2) is 9.97 Å². The molecule has 18 heavy (non-hydrogen) atoms. The molecule has 0 aliphatic heterocycles. The molecule has 0 saturated heterocycles. The zero-order chi connectivity index (χ0) is 12.7. The molecule has 0 aliphatic carbocycles. The van der Waals surface area contributed by atoms with Crippen molar-refractivity contribution in [2.24, 2.45) is 7.05 Å². The van der Waals surface area contributed by atoms with Crippen molar-refractivity contribution < 1.29 is 0 Å². The van der Waals surface area contributed by atoms with Gasteiger partial charge in [-0.2, -0.15) is 0 Å². The molecule has 2 N–H and O–H groups in total. The summed E-state index contributed by atoms with van der Waals surface area (Å²) in [5.41, 5.74) is 7.50. The summed E-state index contributed by atoms with van der Waals surface area (Å²) < 4.78 is 3.72. The van der Waals surface area contributed by atoms with Crippen LogP contribution in [0.15, 0.2) is 24.7 Å². The van der Waals surface area contributed by atoms with E-state index >= 15 is 0 Å². The van der Waals surface area contributed by atoms with E-state index in [0.29, 0.717) is 5.95 Å². The van der Waals surface area contributed by atoms with Crippen molar-refractivity contribution in [2.75, 3.05) is 5.73 Å². The number of hydrogen-bond donors (Lipinski definition) is 1. The smallest absolute Gasteiger partial charge is 0.203 e. The van der Waals surface area contributed by atoms with Crippen LogP contribution in [0.3, 0.4) is 0 Å². The van der Waals surface area contributed by atoms with E-state index in [-0.39, 0.29) is 6.04 Å². The van der Waals surface area contributed by atoms with Gasteiger partial charge in [-0.05, 0) is 19.1 Å². The van der Waals surface area contributed by atoms with E-state index in [1.807, 2.05) is 35.2 Å². The molecule has 3 aromatic rings. The molecule has 0 fully saturated rings. The Morgan fingerprint density at radius 1 is 1.39 bits per heavy atom. The fourth-order valence-corrected chi connectivity index (χ4v) is 2.11. The minimum absolute atomic E-state index is 0.0719. The molecule has 0 saturated carbocycles. The van der Waals surface area contributed by atoms with Crippen molar-refractivity contribution >= 4 is 17.1 Å². The van der Waals surface area contributed by atoms with Gasteiger partial charge in [0.2, 0.25) is 5.95 Å². The van der Waals surface area contributed by atoms with E-state index in [2.05, 4.69) is 20.2 Å². The van der Waals surface area contributed by atoms with Crippen LogP contribution >= 0.6 is 0 Å². The molecule has 0 spiro atoms. The minimum Gasteiger partial charge on any atom is -0.369 e. The molecular formula is C11H13N7. The van der Waals surface area contributed by atoms with Crippen LogP contribution in [0.4, 0.5) is 5.95 Å². The Bertz CT molecular complexity index is 696. The maximum Gasteiger partial charge on any atom is 0.203 e. The second-order valence-electron chi connectivity index (χ2n) is 4.16. The van der Waals surface area contributed by atoms with E-state index in [0.717, 1.165) is 17.0 Å². The topological polar surface area (TPSA) is 87.4 Å². The van der Waals surface area contributed by atoms with Crippen LogP contribution in [0.5, 0.6) is 0 Å². The average Bonchev–Trinajstić information content (AvgIpc) is 2.91. The van der Waals surface area contributed by atoms with Crippen LogP contribution in [0.2, 0.25) is 0 Å². The average molecular weight is 243 g/mol. The van der Waals surface area contributed by atoms with Gasteiger partial charge in [-0.3, -0.25) is 4.57 Å². The molecule has 1 atom stereocenters. The first-order chi connectivity index (χ1) is 8.68. The van der Waals surface area contributed by atoms with Crippen molar-refractivity contribution in [3.63, 3.8) is 0 Å². The van der Waals surface area contributed by atoms with E-state index in [4.69, 9.17) is 5.73 Å². The normalized spacial score (nSPS) is 13.0. The summed E-state index contributed by atoms with van der Waals surface area (Å²) in [6.45, 7) is 2.00. The summed E-state index contributed by atoms with van der Waals surface area (Å²) >= 11 is 0. The summed E-state index contributed by atoms with van der Waals surface area (Å²) in [6, 6.07) is 3.66. The lowest BCUT2D eigenvalue weighted by atomic mass is 10.3. The molecule has 0 aliphatic rings. The van der Waals surface area contributed by atoms with Crippen LogP contribution in [0.25, 0.3) is 11.2 Å². The first-order valence-electron chi connectivity index (χ1n) is 5.61. The van der Waals surface area contributed by atoms with Crippen LogP contribution in [-0.4, -0.2) is 29.3 Å². The minimum atomic E-state index is -0.0719. The van der Waals surface area contributed by atoms with Gasteiger partial charge in [0.25, 0.3) is 0 Å². The first-order valence-corrected chi connectivity index (χ1v) is 5.61. The van der Waals surface area contributed by atoms with Gasteiger partial charge < -0.3 is 10.3 Å². The predicted molar refractivity (Wildman–Crippen MR) is 66.8 cm³/mol. The molecule has 7 nitrogen and oxygen atoms in total. The summed E-state index contributed by atoms with van der Waals surface area (Å²) in [4.78, 5) is 8.62. The Balaban J connectivity index is 2.20. The maximum absolute atomic E-state index is 5.96. The van der Waals surface area contributed by atoms with Gasteiger partial charge in [0.05, 0.1) is 6.04 Å². The number of fused-ring (bicyclic) bond motifs is 1. The first kappa shape index (κ1) is 10.7. The van der Waals surface area contributed by atoms with Crippen LogP contribution in [-0.2, 0) is 7.05 Å². The molecule has 3 aromatic heterocycles. The van der Waals surface area contributed by atoms with Crippen molar-refractivity contribution in [3.8, 4) is 0 Å². The van der Waals surface area contributed by atoms with Gasteiger partial charge in [0.1, 0.15) is 11.8 Å². The van der Waals surface area contributed by atoms with Gasteiger partial charge in [-0.15, -0.1) is 10.2 Å². The van der Waals surface area contributed by atoms with E-state index in [1.165, 1.54) is 0 Å². The highest BCUT2D eigenvalue weighted by molar-refractivity contribution is 5.74. The van der Waals surface area contributed by atoms with Crippen LogP contribution in [0.1, 0.15) is 18.8 Å². The Kier molecular flexibility index (Phi) is 2.26. The molecule has 7 heteroatoms. The Morgan fingerprint density at radius 3 is 2.94 bits per heavy atom. The third-order valence-corrected chi connectivity index (χ3v) is 2.98. The molecule has 0 aromatic carbocycles. The lowest BCUT2D eigenvalue weighted by molar-refractivity contribution is 0.590. The standard InChI is InChI=1S/C11H13N7/c1-7(9-16-14-6-17(9)2)18-10-8(15-11(18)12)4-3-5-13-10/h3-7H,1-2H3,(H2,12,15). The largest absolute Gasteiger partial charge is 0.369 e. The lowest BCUT2D eigenvalue weighted by Gasteiger charge is -2.14. The lowest BCUT2D eigenvalue weighted by Crippen LogP contribution is -2.14. The predicted octanol–water partition coefficient (Wildman–Crippen LogP) is 0.751. The Labute approximate surface area is 103 Å². The number of nitrogen functional groups attached to an aromatic ring is 1. The van der Waals surface area contributed by atoms with E-state index < -0.39 is 0 Å². The number of nitrogens with two attached hydrogens (primary N) is 1. The number of imidazole rings is 1. The second kappa shape index (κ2) is 3.80. The zero-order valence-electron chi connectivity index (χ0n) is 10.1. The fraction of sp³-hybridized carbons (Fsp3) is 0.273. The Morgan fingerprint density at radius 2 is 2.22 bits per heavy atom. The molecule has 92 valence electrons. The molecule has 0 amide bonds. The Hall–Kier alpha value is -2.44. The quantitative estimate of drug-likeness (QED) is 0.717. The van der Waals surface area contributed by atoms with Crippen molar-refractivity contribution in [2.45, 2.75) is 13.0 Å². The van der Waals surface area contributed by atoms with Crippen LogP contribution < -0.4 is 5.73 Å². The number of nitrogens with zero attached hydrogens (tertiary/aromatic N) is 6. The summed E-state index contributed by atoms with van der Waals surface area (Å²) in [6.07, 6.45) is 3.39. The number of rotatable bonds is 2. The van der Waals surface area contributed by atoms with Gasteiger partial charge in [-0.1, -0.05) is 0 Å². The summed E-state index contributed by atoms with van der Waals surface area (Å²) in [5.74, 6) is 1.24. The molecule has 0 radical (unpaired) electrons. The van der Waals surface area contributed by atoms with Gasteiger partial charge in [0, 0.05) is 13.2 Å². The monoisotopic (exact) mass is 243 g/mol. The maximum atomic E-state index is 5.96. The number of anilines is 1. The third-order valence-electron chi connectivity index (χ3n) is 2.98. The fourth-order valence-electron chi connectivity index (χ4n) is 2.11. The van der Waals surface area contributed by atoms with Crippen molar-refractivity contribution in [1.82, 2.24) is 29.3 Å². The number of aromatic nitrogens is 6. The summed E-state index contributed by atoms with van der Waals surface area (Å²) in [7, 11) is 1.90. The number of hydrogen-bond acceptors (Lipinski definition) is 5. The van der Waals surface area contributed by atoms with Crippen LogP contribution in [0, 0.1) is 0 Å². The van der Waals surface area contributed by atoms with Gasteiger partial charge >= 0.3 is 0 Å². The highest BCUT2D eigenvalue weighted by atomic mass is 15.3. The molecule has 1 unspecified atom stereocenters. The number of aryl methyl sites for hydroxylation is 1. The van der Waals surface area contributed by atoms with Gasteiger partial charge in [0.15, 0.2) is 11.5 Å². The molecule has 3 rings (SSSR count). The third kappa shape index (κ3) is 1.44. The molecule has 3 heterocycles. The zero-order valence-corrected chi connectivity index (χ0v) is 10.1. The highest BCUT2D eigenvalue weighted by Crippen LogP contribution is 2.24. The highest BCUT2D eigenvalue weighted by Gasteiger charge is 2.19. The van der Waals surface area contributed by atoms with E-state index in [9.17, 15) is 0 Å². The van der Waals surface area contributed by atoms with Crippen molar-refractivity contribution in [3.05, 3.63) is 30.5 Å². The van der Waals surface area contributed by atoms with Crippen molar-refractivity contribution in [1.29, 1.82) is 0 Å². The summed E-state index contributed by atoms with van der Waals surface area (Å²) in [5, 5.41) is 7.98. The SMILES string of the molecule is CC(c1nncn1C)n1c(N)nc2cccnc21. The molecular weight excluding hydrogens is 230 g/mol. The second-order valence-corrected chi connectivity index (χ2v) is 4.16.